The summed E-state index contributed by atoms with van der Waals surface area (Å²) in [5, 5.41) is 0. The molecular formula is C9H13N. The maximum atomic E-state index is 3.09. The Labute approximate surface area is 62.4 Å². The van der Waals surface area contributed by atoms with Gasteiger partial charge in [-0.3, -0.25) is 4.90 Å². The number of rotatable bonds is 1. The van der Waals surface area contributed by atoms with Crippen molar-refractivity contribution in [3.8, 4) is 11.8 Å². The van der Waals surface area contributed by atoms with Crippen LogP contribution in [0.1, 0.15) is 19.8 Å². The Morgan fingerprint density at radius 2 is 2.10 bits per heavy atom. The summed E-state index contributed by atoms with van der Waals surface area (Å²) in [6.07, 6.45) is 2.95. The Bertz CT molecular complexity index is 185. The zero-order chi connectivity index (χ0) is 7.03. The van der Waals surface area contributed by atoms with E-state index in [1.807, 2.05) is 6.92 Å². The molecule has 54 valence electrons. The summed E-state index contributed by atoms with van der Waals surface area (Å²) in [5.74, 6) is 6.01. The summed E-state index contributed by atoms with van der Waals surface area (Å²) < 4.78 is 0. The van der Waals surface area contributed by atoms with Crippen LogP contribution in [0.5, 0.6) is 0 Å². The molecule has 0 unspecified atom stereocenters. The van der Waals surface area contributed by atoms with E-state index in [0.717, 1.165) is 12.0 Å². The fraction of sp³-hybridized carbons (Fsp3) is 0.778. The van der Waals surface area contributed by atoms with Crippen LogP contribution in [-0.4, -0.2) is 24.5 Å². The van der Waals surface area contributed by atoms with Crippen molar-refractivity contribution in [3.63, 3.8) is 0 Å². The van der Waals surface area contributed by atoms with E-state index in [-0.39, 0.29) is 0 Å². The number of hydrogen-bond acceptors (Lipinski definition) is 1. The molecule has 0 bridgehead atoms. The highest BCUT2D eigenvalue weighted by molar-refractivity contribution is 5.09. The minimum absolute atomic E-state index is 0.801. The summed E-state index contributed by atoms with van der Waals surface area (Å²) >= 11 is 0. The van der Waals surface area contributed by atoms with Gasteiger partial charge in [0.15, 0.2) is 0 Å². The normalized spacial score (nSPS) is 26.9. The second-order valence-electron chi connectivity index (χ2n) is 3.57. The minimum Gasteiger partial charge on any atom is -0.291 e. The first kappa shape index (κ1) is 6.24. The van der Waals surface area contributed by atoms with Gasteiger partial charge < -0.3 is 0 Å². The Morgan fingerprint density at radius 3 is 2.60 bits per heavy atom. The van der Waals surface area contributed by atoms with E-state index in [1.54, 1.807) is 0 Å². The van der Waals surface area contributed by atoms with Gasteiger partial charge in [0.1, 0.15) is 0 Å². The Morgan fingerprint density at radius 1 is 1.40 bits per heavy atom. The van der Waals surface area contributed by atoms with Crippen molar-refractivity contribution in [1.29, 1.82) is 0 Å². The molecule has 1 spiro atoms. The van der Waals surface area contributed by atoms with Crippen molar-refractivity contribution in [1.82, 2.24) is 4.90 Å². The van der Waals surface area contributed by atoms with Gasteiger partial charge in [-0.25, -0.2) is 0 Å². The maximum Gasteiger partial charge on any atom is 0.0601 e. The van der Waals surface area contributed by atoms with Crippen LogP contribution in [0, 0.1) is 17.3 Å². The molecule has 0 amide bonds. The van der Waals surface area contributed by atoms with Crippen LogP contribution in [0.2, 0.25) is 0 Å². The summed E-state index contributed by atoms with van der Waals surface area (Å²) in [6, 6.07) is 0. The van der Waals surface area contributed by atoms with Crippen LogP contribution in [0.25, 0.3) is 0 Å². The molecule has 0 N–H and O–H groups in total. The molecule has 2 rings (SSSR count). The van der Waals surface area contributed by atoms with Crippen LogP contribution < -0.4 is 0 Å². The zero-order valence-corrected chi connectivity index (χ0v) is 6.48. The fourth-order valence-electron chi connectivity index (χ4n) is 1.70. The first-order valence-corrected chi connectivity index (χ1v) is 3.97. The van der Waals surface area contributed by atoms with Gasteiger partial charge in [0.25, 0.3) is 0 Å². The highest BCUT2D eigenvalue weighted by atomic mass is 15.2. The molecule has 1 saturated heterocycles. The molecule has 10 heavy (non-hydrogen) atoms. The van der Waals surface area contributed by atoms with Crippen molar-refractivity contribution >= 4 is 0 Å². The van der Waals surface area contributed by atoms with Crippen molar-refractivity contribution in [2.75, 3.05) is 19.6 Å². The van der Waals surface area contributed by atoms with E-state index in [4.69, 9.17) is 0 Å². The molecule has 1 heterocycles. The highest BCUT2D eigenvalue weighted by Gasteiger charge is 2.51. The smallest absolute Gasteiger partial charge is 0.0601 e. The number of hydrogen-bond donors (Lipinski definition) is 0. The fourth-order valence-corrected chi connectivity index (χ4v) is 1.70. The van der Waals surface area contributed by atoms with Gasteiger partial charge in [-0.05, 0) is 25.2 Å². The number of nitrogens with zero attached hydrogens (tertiary/aromatic N) is 1. The third-order valence-electron chi connectivity index (χ3n) is 2.55. The highest BCUT2D eigenvalue weighted by Crippen LogP contribution is 2.52. The lowest BCUT2D eigenvalue weighted by atomic mass is 9.97. The molecule has 1 nitrogen and oxygen atoms in total. The van der Waals surface area contributed by atoms with Gasteiger partial charge in [0, 0.05) is 13.1 Å². The quantitative estimate of drug-likeness (QED) is 0.487. The van der Waals surface area contributed by atoms with Crippen molar-refractivity contribution in [2.24, 2.45) is 5.41 Å². The molecule has 0 aromatic heterocycles. The van der Waals surface area contributed by atoms with Crippen LogP contribution in [-0.2, 0) is 0 Å². The van der Waals surface area contributed by atoms with E-state index in [2.05, 4.69) is 16.7 Å². The predicted molar refractivity (Wildman–Crippen MR) is 41.6 cm³/mol. The van der Waals surface area contributed by atoms with E-state index >= 15 is 0 Å². The van der Waals surface area contributed by atoms with Gasteiger partial charge in [-0.2, -0.15) is 0 Å². The molecule has 1 aliphatic heterocycles. The van der Waals surface area contributed by atoms with Crippen LogP contribution in [0.3, 0.4) is 0 Å². The Balaban J connectivity index is 1.73. The molecule has 0 aromatic rings. The lowest BCUT2D eigenvalue weighted by Crippen LogP contribution is -2.48. The third-order valence-corrected chi connectivity index (χ3v) is 2.55. The zero-order valence-electron chi connectivity index (χ0n) is 6.48. The summed E-state index contributed by atoms with van der Waals surface area (Å²) in [4.78, 5) is 2.43. The van der Waals surface area contributed by atoms with E-state index in [9.17, 15) is 0 Å². The molecule has 1 heteroatoms. The van der Waals surface area contributed by atoms with Gasteiger partial charge in [-0.15, -0.1) is 5.92 Å². The van der Waals surface area contributed by atoms with Crippen LogP contribution in [0.15, 0.2) is 0 Å². The summed E-state index contributed by atoms with van der Waals surface area (Å²) in [7, 11) is 0. The van der Waals surface area contributed by atoms with Gasteiger partial charge in [0.2, 0.25) is 0 Å². The van der Waals surface area contributed by atoms with E-state index in [0.29, 0.717) is 0 Å². The summed E-state index contributed by atoms with van der Waals surface area (Å²) in [6.45, 7) is 5.55. The van der Waals surface area contributed by atoms with E-state index in [1.165, 1.54) is 25.9 Å². The maximum absolute atomic E-state index is 3.09. The van der Waals surface area contributed by atoms with Gasteiger partial charge in [0.05, 0.1) is 6.54 Å². The van der Waals surface area contributed by atoms with Crippen molar-refractivity contribution in [2.45, 2.75) is 19.8 Å². The monoisotopic (exact) mass is 135 g/mol. The molecule has 0 radical (unpaired) electrons. The van der Waals surface area contributed by atoms with Gasteiger partial charge >= 0.3 is 0 Å². The SMILES string of the molecule is CC#CCN1CC2(CC2)C1. The summed E-state index contributed by atoms with van der Waals surface area (Å²) in [5.41, 5.74) is 0.801. The van der Waals surface area contributed by atoms with E-state index < -0.39 is 0 Å². The average Bonchev–Trinajstić information content (AvgIpc) is 2.59. The van der Waals surface area contributed by atoms with Crippen molar-refractivity contribution < 1.29 is 0 Å². The van der Waals surface area contributed by atoms with Crippen LogP contribution >= 0.6 is 0 Å². The number of likely N-dealkylation sites (tertiary alicyclic amines) is 1. The molecule has 0 atom stereocenters. The van der Waals surface area contributed by atoms with Crippen LogP contribution in [0.4, 0.5) is 0 Å². The molecule has 1 aliphatic carbocycles. The Kier molecular flexibility index (Phi) is 1.25. The average molecular weight is 135 g/mol. The standard InChI is InChI=1S/C9H13N/c1-2-3-6-10-7-9(8-10)4-5-9/h4-8H2,1H3. The largest absolute Gasteiger partial charge is 0.291 e. The topological polar surface area (TPSA) is 3.24 Å². The predicted octanol–water partition coefficient (Wildman–Crippen LogP) is 1.11. The lowest BCUT2D eigenvalue weighted by Gasteiger charge is -2.38. The molecule has 1 saturated carbocycles. The molecule has 2 aliphatic rings. The molecule has 0 aromatic carbocycles. The third kappa shape index (κ3) is 0.932. The molecule has 2 fully saturated rings. The first-order chi connectivity index (χ1) is 4.85. The van der Waals surface area contributed by atoms with Gasteiger partial charge in [-0.1, -0.05) is 5.92 Å². The van der Waals surface area contributed by atoms with Crippen molar-refractivity contribution in [3.05, 3.63) is 0 Å². The lowest BCUT2D eigenvalue weighted by molar-refractivity contribution is 0.0984. The second kappa shape index (κ2) is 2.00. The Hall–Kier alpha value is -0.480. The molecular weight excluding hydrogens is 122 g/mol. The minimum atomic E-state index is 0.801. The first-order valence-electron chi connectivity index (χ1n) is 3.97. The second-order valence-corrected chi connectivity index (χ2v) is 3.57.